The molecule has 142 valence electrons. The van der Waals surface area contributed by atoms with Crippen LogP contribution in [0.3, 0.4) is 0 Å². The van der Waals surface area contributed by atoms with Crippen molar-refractivity contribution >= 4 is 68.3 Å². The molecule has 2 amide bonds. The van der Waals surface area contributed by atoms with Crippen LogP contribution in [0.5, 0.6) is 5.75 Å². The van der Waals surface area contributed by atoms with E-state index in [4.69, 9.17) is 40.2 Å². The van der Waals surface area contributed by atoms with Crippen molar-refractivity contribution in [2.75, 3.05) is 6.61 Å². The predicted molar refractivity (Wildman–Crippen MR) is 112 cm³/mol. The van der Waals surface area contributed by atoms with Gasteiger partial charge in [-0.15, -0.1) is 0 Å². The Morgan fingerprint density at radius 3 is 2.56 bits per heavy atom. The van der Waals surface area contributed by atoms with Gasteiger partial charge in [0.25, 0.3) is 11.8 Å². The molecule has 10 heteroatoms. The molecule has 0 aromatic heterocycles. The van der Waals surface area contributed by atoms with Gasteiger partial charge >= 0.3 is 0 Å². The zero-order valence-electron chi connectivity index (χ0n) is 13.9. The molecule has 27 heavy (non-hydrogen) atoms. The van der Waals surface area contributed by atoms with Crippen LogP contribution in [0.4, 0.5) is 0 Å². The lowest BCUT2D eigenvalue weighted by molar-refractivity contribution is -0.123. The largest absolute Gasteiger partial charge is 0.483 e. The molecule has 0 unspecified atom stereocenters. The number of carbonyl (C=O) groups is 2. The van der Waals surface area contributed by atoms with E-state index in [-0.39, 0.29) is 22.3 Å². The topological polar surface area (TPSA) is 79.5 Å². The van der Waals surface area contributed by atoms with E-state index in [0.717, 1.165) is 10.0 Å². The predicted octanol–water partition coefficient (Wildman–Crippen LogP) is 3.78. The highest BCUT2D eigenvalue weighted by molar-refractivity contribution is 9.10. The SMILES string of the molecule is Cc1ccc(OCC(=O)NNC(=S)NC(=O)c2ccc(Cl)cc2Cl)c(Br)c1. The summed E-state index contributed by atoms with van der Waals surface area (Å²) < 4.78 is 6.15. The second kappa shape index (κ2) is 9.89. The number of amides is 2. The van der Waals surface area contributed by atoms with Crippen molar-refractivity contribution in [2.24, 2.45) is 0 Å². The standard InChI is InChI=1S/C17H14BrCl2N3O3S/c1-9-2-5-14(12(18)6-9)26-8-15(24)22-23-17(27)21-16(25)11-4-3-10(19)7-13(11)20/h2-7H,8H2,1H3,(H,22,24)(H2,21,23,25,27). The Labute approximate surface area is 179 Å². The van der Waals surface area contributed by atoms with Gasteiger partial charge in [0.15, 0.2) is 11.7 Å². The van der Waals surface area contributed by atoms with Crippen molar-refractivity contribution in [2.45, 2.75) is 6.92 Å². The molecule has 0 aliphatic carbocycles. The third kappa shape index (κ3) is 6.66. The number of nitrogens with one attached hydrogen (secondary N) is 3. The summed E-state index contributed by atoms with van der Waals surface area (Å²) >= 11 is 20.1. The number of aryl methyl sites for hydroxylation is 1. The molecule has 0 bridgehead atoms. The second-order valence-electron chi connectivity index (χ2n) is 5.30. The first-order valence-electron chi connectivity index (χ1n) is 7.50. The number of thiocarbonyl (C=S) groups is 1. The van der Waals surface area contributed by atoms with Gasteiger partial charge in [-0.3, -0.25) is 25.8 Å². The quantitative estimate of drug-likeness (QED) is 0.449. The lowest BCUT2D eigenvalue weighted by Crippen LogP contribution is -2.49. The van der Waals surface area contributed by atoms with E-state index >= 15 is 0 Å². The maximum atomic E-state index is 12.1. The number of carbonyl (C=O) groups excluding carboxylic acids is 2. The minimum Gasteiger partial charge on any atom is -0.483 e. The van der Waals surface area contributed by atoms with E-state index in [1.54, 1.807) is 6.07 Å². The second-order valence-corrected chi connectivity index (χ2v) is 7.41. The maximum Gasteiger partial charge on any atom is 0.276 e. The molecule has 0 aliphatic heterocycles. The number of halogens is 3. The van der Waals surface area contributed by atoms with Crippen molar-refractivity contribution < 1.29 is 14.3 Å². The first kappa shape index (κ1) is 21.4. The van der Waals surface area contributed by atoms with Crippen molar-refractivity contribution in [3.63, 3.8) is 0 Å². The molecule has 2 aromatic carbocycles. The molecule has 0 fully saturated rings. The summed E-state index contributed by atoms with van der Waals surface area (Å²) in [5.41, 5.74) is 5.99. The lowest BCUT2D eigenvalue weighted by Gasteiger charge is -2.12. The van der Waals surface area contributed by atoms with Crippen LogP contribution in [0.2, 0.25) is 10.0 Å². The smallest absolute Gasteiger partial charge is 0.276 e. The van der Waals surface area contributed by atoms with E-state index in [2.05, 4.69) is 32.1 Å². The van der Waals surface area contributed by atoms with Crippen LogP contribution < -0.4 is 20.9 Å². The van der Waals surface area contributed by atoms with Crippen molar-refractivity contribution in [3.05, 3.63) is 62.0 Å². The fourth-order valence-corrected chi connectivity index (χ4v) is 3.15. The summed E-state index contributed by atoms with van der Waals surface area (Å²) in [6.45, 7) is 1.70. The Bertz CT molecular complexity index is 896. The average molecular weight is 491 g/mol. The summed E-state index contributed by atoms with van der Waals surface area (Å²) in [7, 11) is 0. The Morgan fingerprint density at radius 2 is 1.89 bits per heavy atom. The van der Waals surface area contributed by atoms with Gasteiger partial charge in [0.05, 0.1) is 15.1 Å². The van der Waals surface area contributed by atoms with Crippen molar-refractivity contribution in [3.8, 4) is 5.75 Å². The molecule has 2 rings (SSSR count). The van der Waals surface area contributed by atoms with E-state index < -0.39 is 11.8 Å². The number of hydrazine groups is 1. The molecule has 0 saturated heterocycles. The Balaban J connectivity index is 1.79. The summed E-state index contributed by atoms with van der Waals surface area (Å²) in [5, 5.41) is 2.88. The van der Waals surface area contributed by atoms with E-state index in [9.17, 15) is 9.59 Å². The molecule has 0 saturated carbocycles. The molecule has 2 aromatic rings. The molecule has 0 heterocycles. The fraction of sp³-hybridized carbons (Fsp3) is 0.118. The Hall–Kier alpha value is -1.87. The van der Waals surface area contributed by atoms with Gasteiger partial charge in [-0.2, -0.15) is 0 Å². The Morgan fingerprint density at radius 1 is 1.15 bits per heavy atom. The van der Waals surface area contributed by atoms with Crippen molar-refractivity contribution in [1.29, 1.82) is 0 Å². The van der Waals surface area contributed by atoms with Crippen LogP contribution in [0.15, 0.2) is 40.9 Å². The minimum absolute atomic E-state index is 0.101. The molecule has 0 radical (unpaired) electrons. The van der Waals surface area contributed by atoms with Crippen LogP contribution in [-0.2, 0) is 4.79 Å². The zero-order chi connectivity index (χ0) is 20.0. The average Bonchev–Trinajstić information content (AvgIpc) is 2.59. The third-order valence-corrected chi connectivity index (χ3v) is 4.54. The highest BCUT2D eigenvalue weighted by atomic mass is 79.9. The number of rotatable bonds is 4. The molecule has 6 nitrogen and oxygen atoms in total. The van der Waals surface area contributed by atoms with Gasteiger partial charge in [0, 0.05) is 5.02 Å². The summed E-state index contributed by atoms with van der Waals surface area (Å²) in [4.78, 5) is 23.9. The summed E-state index contributed by atoms with van der Waals surface area (Å²) in [5.74, 6) is -0.490. The molecular formula is C17H14BrCl2N3O3S. The van der Waals surface area contributed by atoms with Gasteiger partial charge < -0.3 is 4.74 Å². The molecule has 0 spiro atoms. The summed E-state index contributed by atoms with van der Waals surface area (Å²) in [6, 6.07) is 9.92. The highest BCUT2D eigenvalue weighted by Crippen LogP contribution is 2.25. The van der Waals surface area contributed by atoms with Crippen LogP contribution in [-0.4, -0.2) is 23.5 Å². The van der Waals surface area contributed by atoms with Gasteiger partial charge in [-0.1, -0.05) is 29.3 Å². The van der Waals surface area contributed by atoms with Gasteiger partial charge in [0.2, 0.25) is 0 Å². The van der Waals surface area contributed by atoms with Crippen LogP contribution in [0.25, 0.3) is 0 Å². The number of benzene rings is 2. The molecule has 3 N–H and O–H groups in total. The minimum atomic E-state index is -0.539. The molecule has 0 aliphatic rings. The van der Waals surface area contributed by atoms with Crippen LogP contribution in [0.1, 0.15) is 15.9 Å². The fourth-order valence-electron chi connectivity index (χ4n) is 1.90. The number of hydrogen-bond donors (Lipinski definition) is 3. The van der Waals surface area contributed by atoms with Crippen LogP contribution in [0, 0.1) is 6.92 Å². The lowest BCUT2D eigenvalue weighted by atomic mass is 10.2. The van der Waals surface area contributed by atoms with Gasteiger partial charge in [0.1, 0.15) is 5.75 Å². The van der Waals surface area contributed by atoms with Crippen LogP contribution >= 0.6 is 51.3 Å². The Kier molecular flexibility index (Phi) is 7.85. The van der Waals surface area contributed by atoms with E-state index in [1.807, 2.05) is 19.1 Å². The maximum absolute atomic E-state index is 12.1. The molecular weight excluding hydrogens is 477 g/mol. The normalized spacial score (nSPS) is 10.1. The van der Waals surface area contributed by atoms with E-state index in [1.165, 1.54) is 18.2 Å². The summed E-state index contributed by atoms with van der Waals surface area (Å²) in [6.07, 6.45) is 0. The number of ether oxygens (including phenoxy) is 1. The zero-order valence-corrected chi connectivity index (χ0v) is 17.9. The highest BCUT2D eigenvalue weighted by Gasteiger charge is 2.13. The van der Waals surface area contributed by atoms with E-state index in [0.29, 0.717) is 10.8 Å². The first-order valence-corrected chi connectivity index (χ1v) is 9.46. The third-order valence-electron chi connectivity index (χ3n) is 3.16. The molecule has 0 atom stereocenters. The van der Waals surface area contributed by atoms with Gasteiger partial charge in [-0.05, 0) is 71.0 Å². The number of hydrogen-bond acceptors (Lipinski definition) is 4. The van der Waals surface area contributed by atoms with Crippen molar-refractivity contribution in [1.82, 2.24) is 16.2 Å². The monoisotopic (exact) mass is 489 g/mol. The first-order chi connectivity index (χ1) is 12.8. The van der Waals surface area contributed by atoms with Gasteiger partial charge in [-0.25, -0.2) is 0 Å².